The SMILES string of the molecule is CCCN(C1CCNC1)S(=O)(=O)CCCC(F)(F)F. The molecule has 0 aliphatic carbocycles. The smallest absolute Gasteiger partial charge is 0.315 e. The Labute approximate surface area is 112 Å². The topological polar surface area (TPSA) is 49.4 Å². The largest absolute Gasteiger partial charge is 0.389 e. The van der Waals surface area contributed by atoms with E-state index in [1.807, 2.05) is 6.92 Å². The monoisotopic (exact) mass is 302 g/mol. The molecule has 1 aliphatic heterocycles. The Balaban J connectivity index is 2.60. The number of nitrogens with zero attached hydrogens (tertiary/aromatic N) is 1. The van der Waals surface area contributed by atoms with Crippen LogP contribution < -0.4 is 5.32 Å². The van der Waals surface area contributed by atoms with Crippen molar-refractivity contribution in [1.29, 1.82) is 0 Å². The van der Waals surface area contributed by atoms with Crippen LogP contribution in [0.15, 0.2) is 0 Å². The molecule has 0 spiro atoms. The van der Waals surface area contributed by atoms with Gasteiger partial charge in [0.05, 0.1) is 5.75 Å². The van der Waals surface area contributed by atoms with Gasteiger partial charge in [0.2, 0.25) is 10.0 Å². The van der Waals surface area contributed by atoms with E-state index < -0.39 is 28.4 Å². The van der Waals surface area contributed by atoms with E-state index >= 15 is 0 Å². The van der Waals surface area contributed by atoms with Gasteiger partial charge >= 0.3 is 6.18 Å². The van der Waals surface area contributed by atoms with Gasteiger partial charge < -0.3 is 5.32 Å². The van der Waals surface area contributed by atoms with Crippen molar-refractivity contribution in [3.63, 3.8) is 0 Å². The molecule has 1 aliphatic rings. The van der Waals surface area contributed by atoms with Gasteiger partial charge in [0.1, 0.15) is 0 Å². The molecule has 114 valence electrons. The fourth-order valence-electron chi connectivity index (χ4n) is 2.23. The lowest BCUT2D eigenvalue weighted by atomic mass is 10.2. The first-order chi connectivity index (χ1) is 8.76. The van der Waals surface area contributed by atoms with Gasteiger partial charge in [-0.25, -0.2) is 8.42 Å². The Kier molecular flexibility index (Phi) is 6.07. The number of rotatable bonds is 7. The van der Waals surface area contributed by atoms with Crippen LogP contribution >= 0.6 is 0 Å². The molecule has 0 saturated carbocycles. The predicted octanol–water partition coefficient (Wildman–Crippen LogP) is 1.73. The number of hydrogen-bond donors (Lipinski definition) is 1. The van der Waals surface area contributed by atoms with Crippen LogP contribution in [0.5, 0.6) is 0 Å². The second kappa shape index (κ2) is 6.90. The van der Waals surface area contributed by atoms with Gasteiger partial charge in [-0.2, -0.15) is 17.5 Å². The van der Waals surface area contributed by atoms with Gasteiger partial charge in [-0.3, -0.25) is 0 Å². The van der Waals surface area contributed by atoms with E-state index in [1.54, 1.807) is 0 Å². The summed E-state index contributed by atoms with van der Waals surface area (Å²) in [6, 6.07) is -0.115. The van der Waals surface area contributed by atoms with Crippen molar-refractivity contribution >= 4 is 10.0 Å². The summed E-state index contributed by atoms with van der Waals surface area (Å²) in [4.78, 5) is 0. The highest BCUT2D eigenvalue weighted by molar-refractivity contribution is 7.89. The number of nitrogens with one attached hydrogen (secondary N) is 1. The van der Waals surface area contributed by atoms with Crippen molar-refractivity contribution in [1.82, 2.24) is 9.62 Å². The van der Waals surface area contributed by atoms with Gasteiger partial charge in [0, 0.05) is 25.6 Å². The molecule has 0 aromatic carbocycles. The summed E-state index contributed by atoms with van der Waals surface area (Å²) >= 11 is 0. The number of alkyl halides is 3. The van der Waals surface area contributed by atoms with E-state index in [9.17, 15) is 21.6 Å². The first kappa shape index (κ1) is 16.7. The van der Waals surface area contributed by atoms with E-state index in [-0.39, 0.29) is 12.5 Å². The maximum Gasteiger partial charge on any atom is 0.389 e. The molecule has 1 atom stereocenters. The molecular weight excluding hydrogens is 281 g/mol. The molecule has 0 bridgehead atoms. The van der Waals surface area contributed by atoms with Crippen LogP contribution in [0.2, 0.25) is 0 Å². The number of sulfonamides is 1. The van der Waals surface area contributed by atoms with Crippen molar-refractivity contribution in [3.05, 3.63) is 0 Å². The highest BCUT2D eigenvalue weighted by Gasteiger charge is 2.33. The molecule has 4 nitrogen and oxygen atoms in total. The molecule has 0 amide bonds. The van der Waals surface area contributed by atoms with E-state index in [4.69, 9.17) is 0 Å². The Morgan fingerprint density at radius 3 is 2.53 bits per heavy atom. The third-order valence-electron chi connectivity index (χ3n) is 3.11. The lowest BCUT2D eigenvalue weighted by molar-refractivity contribution is -0.134. The third-order valence-corrected chi connectivity index (χ3v) is 5.11. The van der Waals surface area contributed by atoms with Crippen molar-refractivity contribution < 1.29 is 21.6 Å². The molecule has 0 radical (unpaired) electrons. The van der Waals surface area contributed by atoms with Gasteiger partial charge in [-0.15, -0.1) is 0 Å². The molecule has 0 aromatic rings. The van der Waals surface area contributed by atoms with Crippen LogP contribution in [0.4, 0.5) is 13.2 Å². The lowest BCUT2D eigenvalue weighted by Gasteiger charge is -2.27. The summed E-state index contributed by atoms with van der Waals surface area (Å²) in [6.07, 6.45) is -4.32. The third kappa shape index (κ3) is 5.66. The molecule has 19 heavy (non-hydrogen) atoms. The quantitative estimate of drug-likeness (QED) is 0.779. The van der Waals surface area contributed by atoms with Gasteiger partial charge in [-0.05, 0) is 25.8 Å². The minimum Gasteiger partial charge on any atom is -0.315 e. The Morgan fingerprint density at radius 1 is 1.37 bits per heavy atom. The summed E-state index contributed by atoms with van der Waals surface area (Å²) in [5, 5.41) is 3.08. The van der Waals surface area contributed by atoms with Crippen molar-refractivity contribution in [2.75, 3.05) is 25.4 Å². The maximum atomic E-state index is 12.1. The molecule has 1 fully saturated rings. The number of halogens is 3. The van der Waals surface area contributed by atoms with E-state index in [1.165, 1.54) is 4.31 Å². The average Bonchev–Trinajstić information content (AvgIpc) is 2.76. The summed E-state index contributed by atoms with van der Waals surface area (Å²) in [5.74, 6) is -0.428. The van der Waals surface area contributed by atoms with Crippen molar-refractivity contribution in [3.8, 4) is 0 Å². The van der Waals surface area contributed by atoms with E-state index in [2.05, 4.69) is 5.32 Å². The molecule has 1 heterocycles. The lowest BCUT2D eigenvalue weighted by Crippen LogP contribution is -2.43. The van der Waals surface area contributed by atoms with Gasteiger partial charge in [0.25, 0.3) is 0 Å². The molecular formula is C11H21F3N2O2S. The highest BCUT2D eigenvalue weighted by atomic mass is 32.2. The maximum absolute atomic E-state index is 12.1. The van der Waals surface area contributed by atoms with Crippen LogP contribution in [0.25, 0.3) is 0 Å². The first-order valence-electron chi connectivity index (χ1n) is 6.53. The second-order valence-electron chi connectivity index (χ2n) is 4.79. The molecule has 0 aromatic heterocycles. The Hall–Kier alpha value is -0.340. The second-order valence-corrected chi connectivity index (χ2v) is 6.83. The van der Waals surface area contributed by atoms with E-state index in [0.717, 1.165) is 13.0 Å². The molecule has 1 rings (SSSR count). The zero-order valence-electron chi connectivity index (χ0n) is 11.0. The predicted molar refractivity (Wildman–Crippen MR) is 67.3 cm³/mol. The zero-order chi connectivity index (χ0) is 14.5. The summed E-state index contributed by atoms with van der Waals surface area (Å²) in [6.45, 7) is 3.57. The highest BCUT2D eigenvalue weighted by Crippen LogP contribution is 2.23. The standard InChI is InChI=1S/C11H21F3N2O2S/c1-2-7-16(10-4-6-15-9-10)19(17,18)8-3-5-11(12,13)14/h10,15H,2-9H2,1H3. The normalized spacial score (nSPS) is 21.2. The molecule has 1 N–H and O–H groups in total. The van der Waals surface area contributed by atoms with Crippen LogP contribution in [-0.4, -0.2) is 50.3 Å². The average molecular weight is 302 g/mol. The van der Waals surface area contributed by atoms with Crippen LogP contribution in [0, 0.1) is 0 Å². The fourth-order valence-corrected chi connectivity index (χ4v) is 4.07. The van der Waals surface area contributed by atoms with Crippen molar-refractivity contribution in [2.24, 2.45) is 0 Å². The van der Waals surface area contributed by atoms with Crippen LogP contribution in [0.3, 0.4) is 0 Å². The van der Waals surface area contributed by atoms with Crippen molar-refractivity contribution in [2.45, 2.75) is 44.8 Å². The molecule has 1 saturated heterocycles. The van der Waals surface area contributed by atoms with E-state index in [0.29, 0.717) is 19.5 Å². The molecule has 1 unspecified atom stereocenters. The molecule has 8 heteroatoms. The van der Waals surface area contributed by atoms with Crippen LogP contribution in [0.1, 0.15) is 32.6 Å². The fraction of sp³-hybridized carbons (Fsp3) is 1.00. The minimum atomic E-state index is -4.29. The minimum absolute atomic E-state index is 0.115. The summed E-state index contributed by atoms with van der Waals surface area (Å²) < 4.78 is 61.8. The zero-order valence-corrected chi connectivity index (χ0v) is 11.9. The Bertz CT molecular complexity index is 365. The van der Waals surface area contributed by atoms with Crippen LogP contribution in [-0.2, 0) is 10.0 Å². The number of hydrogen-bond acceptors (Lipinski definition) is 3. The summed E-state index contributed by atoms with van der Waals surface area (Å²) in [7, 11) is -3.60. The van der Waals surface area contributed by atoms with Gasteiger partial charge in [-0.1, -0.05) is 6.92 Å². The Morgan fingerprint density at radius 2 is 2.05 bits per heavy atom. The van der Waals surface area contributed by atoms with Gasteiger partial charge in [0.15, 0.2) is 0 Å². The summed E-state index contributed by atoms with van der Waals surface area (Å²) in [5.41, 5.74) is 0. The first-order valence-corrected chi connectivity index (χ1v) is 8.14.